The number of fused-ring (bicyclic) bond motifs is 2. The number of benzene rings is 3. The predicted octanol–water partition coefficient (Wildman–Crippen LogP) is 6.17. The number of aliphatic imine (C=N–C) groups is 1. The molecule has 2 aliphatic rings. The molecule has 3 aromatic rings. The van der Waals surface area contributed by atoms with Gasteiger partial charge in [-0.1, -0.05) is 12.1 Å². The number of hydrogen-bond acceptors (Lipinski definition) is 7. The summed E-state index contributed by atoms with van der Waals surface area (Å²) >= 11 is 0. The Hall–Kier alpha value is -4.65. The topological polar surface area (TPSA) is 115 Å². The molecule has 1 fully saturated rings. The van der Waals surface area contributed by atoms with Crippen LogP contribution < -0.4 is 10.1 Å². The zero-order chi connectivity index (χ0) is 32.7. The van der Waals surface area contributed by atoms with Crippen LogP contribution in [0.3, 0.4) is 0 Å². The number of hydrogen-bond donors (Lipinski definition) is 3. The Bertz CT molecular complexity index is 1530. The molecule has 9 nitrogen and oxygen atoms in total. The number of carboxylic acid groups (broad SMARTS) is 2. The Balaban J connectivity index is 0.000000510. The quantitative estimate of drug-likeness (QED) is 0.266. The number of alkyl halides is 3. The third kappa shape index (κ3) is 8.94. The minimum absolute atomic E-state index is 0.163. The molecule has 0 unspecified atom stereocenters. The highest BCUT2D eigenvalue weighted by atomic mass is 19.4. The van der Waals surface area contributed by atoms with Gasteiger partial charge in [-0.15, -0.1) is 0 Å². The summed E-state index contributed by atoms with van der Waals surface area (Å²) in [6.45, 7) is 1.91. The van der Waals surface area contributed by atoms with E-state index in [1.165, 1.54) is 23.8 Å². The molecule has 5 rings (SSSR count). The van der Waals surface area contributed by atoms with E-state index in [1.54, 1.807) is 13.2 Å². The van der Waals surface area contributed by atoms with E-state index in [2.05, 4.69) is 17.3 Å². The van der Waals surface area contributed by atoms with E-state index in [1.807, 2.05) is 29.2 Å². The summed E-state index contributed by atoms with van der Waals surface area (Å²) in [6, 6.07) is 15.9. The highest BCUT2D eigenvalue weighted by Gasteiger charge is 2.34. The second kappa shape index (κ2) is 14.4. The summed E-state index contributed by atoms with van der Waals surface area (Å²) in [5, 5.41) is 19.0. The monoisotopic (exact) mass is 630 g/mol. The molecule has 0 radical (unpaired) electrons. The van der Waals surface area contributed by atoms with Crippen molar-refractivity contribution >= 4 is 34.8 Å². The van der Waals surface area contributed by atoms with Crippen molar-refractivity contribution in [1.29, 1.82) is 0 Å². The van der Waals surface area contributed by atoms with Gasteiger partial charge in [-0.2, -0.15) is 13.2 Å². The maximum atomic E-state index is 14.1. The molecule has 2 heterocycles. The Morgan fingerprint density at radius 2 is 1.64 bits per heavy atom. The van der Waals surface area contributed by atoms with Crippen LogP contribution >= 0.6 is 0 Å². The molecule has 0 bridgehead atoms. The number of ether oxygens (including phenoxy) is 1. The first kappa shape index (κ1) is 33.2. The van der Waals surface area contributed by atoms with Crippen LogP contribution in [0.15, 0.2) is 65.7 Å². The van der Waals surface area contributed by atoms with Crippen molar-refractivity contribution < 1.29 is 42.1 Å². The van der Waals surface area contributed by atoms with Crippen molar-refractivity contribution in [3.63, 3.8) is 0 Å². The van der Waals surface area contributed by atoms with Crippen molar-refractivity contribution in [3.05, 3.63) is 83.2 Å². The SMILES string of the molecule is COc1ccc(CC[C@H]2CN(C3=Nc4cc(F)ccc4Nc4ccc(C(F)(F)F)cc43)CCN2C)cc1.O=C(O)CCC(=O)O. The summed E-state index contributed by atoms with van der Waals surface area (Å²) in [4.78, 5) is 28.3. The number of rotatable bonds is 7. The largest absolute Gasteiger partial charge is 0.497 e. The van der Waals surface area contributed by atoms with E-state index in [4.69, 9.17) is 19.9 Å². The van der Waals surface area contributed by atoms with Crippen LogP contribution in [0.5, 0.6) is 5.75 Å². The lowest BCUT2D eigenvalue weighted by Gasteiger charge is -2.41. The van der Waals surface area contributed by atoms with Crippen molar-refractivity contribution in [2.45, 2.75) is 37.9 Å². The van der Waals surface area contributed by atoms with Gasteiger partial charge in [0.2, 0.25) is 0 Å². The molecule has 3 aromatic carbocycles. The maximum Gasteiger partial charge on any atom is 0.416 e. The molecule has 2 aliphatic heterocycles. The van der Waals surface area contributed by atoms with Gasteiger partial charge in [-0.05, 0) is 67.9 Å². The summed E-state index contributed by atoms with van der Waals surface area (Å²) in [5.74, 6) is -1.39. The minimum atomic E-state index is -4.49. The van der Waals surface area contributed by atoms with Gasteiger partial charge in [0.15, 0.2) is 0 Å². The van der Waals surface area contributed by atoms with Crippen LogP contribution in [0.4, 0.5) is 34.6 Å². The normalized spacial score (nSPS) is 16.2. The number of halogens is 4. The summed E-state index contributed by atoms with van der Waals surface area (Å²) in [7, 11) is 3.70. The molecule has 1 atom stereocenters. The summed E-state index contributed by atoms with van der Waals surface area (Å²) in [5.41, 5.74) is 2.20. The number of carbonyl (C=O) groups is 2. The average molecular weight is 631 g/mol. The molecular weight excluding hydrogens is 596 g/mol. The number of nitrogens with one attached hydrogen (secondary N) is 1. The van der Waals surface area contributed by atoms with Crippen LogP contribution in [0.25, 0.3) is 0 Å². The molecule has 0 amide bonds. The first-order valence-electron chi connectivity index (χ1n) is 14.2. The van der Waals surface area contributed by atoms with Gasteiger partial charge in [0.1, 0.15) is 17.4 Å². The zero-order valence-electron chi connectivity index (χ0n) is 24.8. The van der Waals surface area contributed by atoms with Gasteiger partial charge >= 0.3 is 18.1 Å². The molecule has 0 spiro atoms. The highest BCUT2D eigenvalue weighted by Crippen LogP contribution is 2.39. The zero-order valence-corrected chi connectivity index (χ0v) is 24.8. The lowest BCUT2D eigenvalue weighted by atomic mass is 10.0. The molecule has 45 heavy (non-hydrogen) atoms. The average Bonchev–Trinajstić information content (AvgIpc) is 3.16. The predicted molar refractivity (Wildman–Crippen MR) is 161 cm³/mol. The Morgan fingerprint density at radius 3 is 2.27 bits per heavy atom. The molecular formula is C32H34F4N4O5. The molecule has 0 saturated carbocycles. The fraction of sp³-hybridized carbons (Fsp3) is 0.344. The molecule has 3 N–H and O–H groups in total. The van der Waals surface area contributed by atoms with E-state index in [9.17, 15) is 27.2 Å². The van der Waals surface area contributed by atoms with E-state index in [0.29, 0.717) is 41.6 Å². The number of nitrogens with zero attached hydrogens (tertiary/aromatic N) is 3. The smallest absolute Gasteiger partial charge is 0.416 e. The van der Waals surface area contributed by atoms with E-state index in [0.717, 1.165) is 37.3 Å². The maximum absolute atomic E-state index is 14.1. The number of methoxy groups -OCH3 is 1. The number of piperazine rings is 1. The molecule has 0 aromatic heterocycles. The van der Waals surface area contributed by atoms with Crippen LogP contribution in [0.1, 0.15) is 36.0 Å². The van der Waals surface area contributed by atoms with E-state index >= 15 is 0 Å². The molecule has 13 heteroatoms. The molecule has 240 valence electrons. The Morgan fingerprint density at radius 1 is 0.978 bits per heavy atom. The van der Waals surface area contributed by atoms with Crippen LogP contribution in [-0.2, 0) is 22.2 Å². The van der Waals surface area contributed by atoms with Crippen molar-refractivity contribution in [1.82, 2.24) is 9.80 Å². The summed E-state index contributed by atoms with van der Waals surface area (Å²) in [6.07, 6.45) is -3.37. The highest BCUT2D eigenvalue weighted by molar-refractivity contribution is 6.08. The van der Waals surface area contributed by atoms with Gasteiger partial charge in [0, 0.05) is 43.0 Å². The molecule has 0 aliphatic carbocycles. The standard InChI is InChI=1S/C28H28F4N4O.C4H6O4/c1-35-13-14-36(17-21(35)8-3-18-4-9-22(37-2)10-5-18)27-23-15-19(28(30,31)32)6-11-24(23)33-25-12-7-20(29)16-26(25)34-27;5-3(6)1-2-4(7)8/h4-7,9-12,15-16,21,33H,3,8,13-14,17H2,1-2H3;1-2H2,(H,5,6)(H,7,8)/t21-;/m0./s1. The Labute approximate surface area is 257 Å². The van der Waals surface area contributed by atoms with E-state index < -0.39 is 29.5 Å². The number of anilines is 2. The first-order chi connectivity index (χ1) is 21.3. The summed E-state index contributed by atoms with van der Waals surface area (Å²) < 4.78 is 60.2. The van der Waals surface area contributed by atoms with Crippen molar-refractivity contribution in [3.8, 4) is 5.75 Å². The number of likely N-dealkylation sites (N-methyl/N-ethyl adjacent to an activating group) is 1. The second-order valence-electron chi connectivity index (χ2n) is 10.7. The second-order valence-corrected chi connectivity index (χ2v) is 10.7. The van der Waals surface area contributed by atoms with Crippen LogP contribution in [0, 0.1) is 5.82 Å². The fourth-order valence-corrected chi connectivity index (χ4v) is 5.07. The van der Waals surface area contributed by atoms with E-state index in [-0.39, 0.29) is 18.9 Å². The third-order valence-electron chi connectivity index (χ3n) is 7.60. The van der Waals surface area contributed by atoms with Gasteiger partial charge in [-0.3, -0.25) is 14.5 Å². The first-order valence-corrected chi connectivity index (χ1v) is 14.2. The van der Waals surface area contributed by atoms with Crippen LogP contribution in [-0.4, -0.2) is 77.6 Å². The lowest BCUT2D eigenvalue weighted by Crippen LogP contribution is -2.53. The number of aryl methyl sites for hydroxylation is 1. The van der Waals surface area contributed by atoms with Crippen LogP contribution in [0.2, 0.25) is 0 Å². The van der Waals surface area contributed by atoms with Gasteiger partial charge in [0.25, 0.3) is 0 Å². The molecule has 1 saturated heterocycles. The number of amidine groups is 1. The van der Waals surface area contributed by atoms with Gasteiger partial charge in [-0.25, -0.2) is 9.38 Å². The Kier molecular flexibility index (Phi) is 10.7. The van der Waals surface area contributed by atoms with Crippen molar-refractivity contribution in [2.75, 3.05) is 39.1 Å². The number of aliphatic carboxylic acids is 2. The lowest BCUT2D eigenvalue weighted by molar-refractivity contribution is -0.143. The van der Waals surface area contributed by atoms with Crippen molar-refractivity contribution in [2.24, 2.45) is 4.99 Å². The van der Waals surface area contributed by atoms with Gasteiger partial charge < -0.3 is 25.2 Å². The third-order valence-corrected chi connectivity index (χ3v) is 7.60. The van der Waals surface area contributed by atoms with Gasteiger partial charge in [0.05, 0.1) is 36.9 Å². The minimum Gasteiger partial charge on any atom is -0.497 e. The fourth-order valence-electron chi connectivity index (χ4n) is 5.07. The number of carboxylic acids is 2.